The molecule has 1 N–H and O–H groups in total. The quantitative estimate of drug-likeness (QED) is 0.651. The van der Waals surface area contributed by atoms with E-state index in [4.69, 9.17) is 16.3 Å². The number of nitrogens with one attached hydrogen (secondary N) is 1. The Hall–Kier alpha value is -2.34. The lowest BCUT2D eigenvalue weighted by molar-refractivity contribution is 0.299. The molecule has 0 unspecified atom stereocenters. The molecule has 0 aromatic carbocycles. The molecule has 22 heavy (non-hydrogen) atoms. The number of nitrogens with zero attached hydrogens (tertiary/aromatic N) is 4. The van der Waals surface area contributed by atoms with Crippen LogP contribution in [0.1, 0.15) is 12.5 Å². The molecule has 0 fully saturated rings. The Morgan fingerprint density at radius 3 is 2.86 bits per heavy atom. The van der Waals surface area contributed by atoms with Gasteiger partial charge in [-0.2, -0.15) is 4.98 Å². The highest BCUT2D eigenvalue weighted by atomic mass is 35.5. The number of ether oxygens (including phenoxy) is 1. The third-order valence-electron chi connectivity index (χ3n) is 2.84. The van der Waals surface area contributed by atoms with Crippen LogP contribution in [0.4, 0.5) is 17.3 Å². The van der Waals surface area contributed by atoms with Crippen molar-refractivity contribution in [3.8, 4) is 0 Å². The first kappa shape index (κ1) is 16.0. The van der Waals surface area contributed by atoms with Gasteiger partial charge < -0.3 is 15.0 Å². The highest BCUT2D eigenvalue weighted by molar-refractivity contribution is 6.28. The van der Waals surface area contributed by atoms with Gasteiger partial charge in [-0.15, -0.1) is 0 Å². The van der Waals surface area contributed by atoms with Gasteiger partial charge in [0.1, 0.15) is 11.6 Å². The van der Waals surface area contributed by atoms with E-state index in [2.05, 4.69) is 26.8 Å². The van der Waals surface area contributed by atoms with Crippen molar-refractivity contribution in [3.05, 3.63) is 42.0 Å². The van der Waals surface area contributed by atoms with E-state index in [0.717, 1.165) is 11.5 Å². The summed E-state index contributed by atoms with van der Waals surface area (Å²) in [5, 5.41) is 3.37. The molecule has 0 aliphatic heterocycles. The summed E-state index contributed by atoms with van der Waals surface area (Å²) in [5.74, 6) is 1.79. The lowest BCUT2D eigenvalue weighted by Crippen LogP contribution is -2.13. The van der Waals surface area contributed by atoms with Crippen molar-refractivity contribution >= 4 is 34.7 Å². The van der Waals surface area contributed by atoms with Crippen molar-refractivity contribution in [1.82, 2.24) is 15.0 Å². The molecule has 0 radical (unpaired) electrons. The molecule has 2 rings (SSSR count). The minimum atomic E-state index is 0.144. The minimum absolute atomic E-state index is 0.144. The molecule has 2 aromatic heterocycles. The molecule has 2 aromatic rings. The lowest BCUT2D eigenvalue weighted by Gasteiger charge is -2.18. The Morgan fingerprint density at radius 1 is 1.41 bits per heavy atom. The van der Waals surface area contributed by atoms with Crippen LogP contribution in [0.5, 0.6) is 0 Å². The van der Waals surface area contributed by atoms with Crippen LogP contribution in [-0.2, 0) is 4.74 Å². The van der Waals surface area contributed by atoms with E-state index in [-0.39, 0.29) is 5.28 Å². The van der Waals surface area contributed by atoms with Crippen molar-refractivity contribution in [2.75, 3.05) is 30.9 Å². The van der Waals surface area contributed by atoms with Crippen LogP contribution < -0.4 is 10.2 Å². The number of rotatable bonds is 6. The van der Waals surface area contributed by atoms with Crippen LogP contribution in [0.15, 0.2) is 31.1 Å². The van der Waals surface area contributed by atoms with E-state index < -0.39 is 0 Å². The first-order valence-corrected chi connectivity index (χ1v) is 7.14. The van der Waals surface area contributed by atoms with Crippen molar-refractivity contribution in [2.45, 2.75) is 6.92 Å². The molecule has 0 bridgehead atoms. The molecule has 7 heteroatoms. The van der Waals surface area contributed by atoms with Gasteiger partial charge in [-0.3, -0.25) is 0 Å². The maximum Gasteiger partial charge on any atom is 0.224 e. The highest BCUT2D eigenvalue weighted by Gasteiger charge is 2.13. The molecule has 0 spiro atoms. The van der Waals surface area contributed by atoms with Crippen LogP contribution in [-0.4, -0.2) is 35.7 Å². The zero-order valence-electron chi connectivity index (χ0n) is 12.8. The monoisotopic (exact) mass is 319 g/mol. The van der Waals surface area contributed by atoms with Crippen molar-refractivity contribution < 1.29 is 4.74 Å². The van der Waals surface area contributed by atoms with Crippen LogP contribution in [0.3, 0.4) is 0 Å². The van der Waals surface area contributed by atoms with Gasteiger partial charge in [-0.1, -0.05) is 6.58 Å². The smallest absolute Gasteiger partial charge is 0.224 e. The zero-order valence-corrected chi connectivity index (χ0v) is 13.6. The predicted molar refractivity (Wildman–Crippen MR) is 89.5 cm³/mol. The van der Waals surface area contributed by atoms with E-state index in [1.165, 1.54) is 0 Å². The number of aromatic nitrogens is 3. The molecule has 0 aliphatic rings. The zero-order chi connectivity index (χ0) is 16.1. The van der Waals surface area contributed by atoms with Crippen molar-refractivity contribution in [2.24, 2.45) is 0 Å². The van der Waals surface area contributed by atoms with E-state index in [0.29, 0.717) is 23.7 Å². The summed E-state index contributed by atoms with van der Waals surface area (Å²) < 4.78 is 5.44. The summed E-state index contributed by atoms with van der Waals surface area (Å²) in [6, 6.07) is 3.75. The van der Waals surface area contributed by atoms with E-state index in [9.17, 15) is 0 Å². The molecular weight excluding hydrogens is 302 g/mol. The first-order valence-electron chi connectivity index (χ1n) is 6.77. The van der Waals surface area contributed by atoms with Gasteiger partial charge >= 0.3 is 0 Å². The van der Waals surface area contributed by atoms with E-state index in [1.807, 2.05) is 38.1 Å². The minimum Gasteiger partial charge on any atom is -0.494 e. The van der Waals surface area contributed by atoms with Crippen molar-refractivity contribution in [1.29, 1.82) is 0 Å². The normalized spacial score (nSPS) is 10.2. The van der Waals surface area contributed by atoms with Gasteiger partial charge in [0.15, 0.2) is 5.82 Å². The fraction of sp³-hybridized carbons (Fsp3) is 0.267. The van der Waals surface area contributed by atoms with Crippen molar-refractivity contribution in [3.63, 3.8) is 0 Å². The maximum atomic E-state index is 5.91. The molecule has 0 saturated carbocycles. The summed E-state index contributed by atoms with van der Waals surface area (Å²) in [5.41, 5.74) is 1.45. The summed E-state index contributed by atoms with van der Waals surface area (Å²) in [4.78, 5) is 14.5. The molecule has 116 valence electrons. The molecule has 6 nitrogen and oxygen atoms in total. The molecule has 0 atom stereocenters. The van der Waals surface area contributed by atoms with Gasteiger partial charge in [0.05, 0.1) is 17.9 Å². The van der Waals surface area contributed by atoms with Gasteiger partial charge in [0.2, 0.25) is 5.28 Å². The predicted octanol–water partition coefficient (Wildman–Crippen LogP) is 3.34. The number of anilines is 3. The third-order valence-corrected chi connectivity index (χ3v) is 3.02. The van der Waals surface area contributed by atoms with Gasteiger partial charge in [-0.05, 0) is 30.7 Å². The third kappa shape index (κ3) is 3.65. The fourth-order valence-electron chi connectivity index (χ4n) is 1.89. The SMILES string of the molecule is C=C(OCC)c1cnc(Cl)nc1Nc1cccnc1N(C)C. The lowest BCUT2D eigenvalue weighted by atomic mass is 10.2. The molecule has 0 saturated heterocycles. The second-order valence-corrected chi connectivity index (χ2v) is 4.99. The van der Waals surface area contributed by atoms with Crippen LogP contribution >= 0.6 is 11.6 Å². The summed E-state index contributed by atoms with van der Waals surface area (Å²) >= 11 is 5.91. The topological polar surface area (TPSA) is 63.2 Å². The Kier molecular flexibility index (Phi) is 5.16. The van der Waals surface area contributed by atoms with Crippen LogP contribution in [0, 0.1) is 0 Å². The molecule has 0 aliphatic carbocycles. The van der Waals surface area contributed by atoms with Gasteiger partial charge in [0.25, 0.3) is 0 Å². The first-order chi connectivity index (χ1) is 10.5. The Labute approximate surface area is 134 Å². The van der Waals surface area contributed by atoms with Gasteiger partial charge in [0, 0.05) is 26.5 Å². The summed E-state index contributed by atoms with van der Waals surface area (Å²) in [6.07, 6.45) is 3.31. The second-order valence-electron chi connectivity index (χ2n) is 4.65. The Bertz CT molecular complexity index is 675. The maximum absolute atomic E-state index is 5.91. The standard InChI is InChI=1S/C15H18ClN5O/c1-5-22-10(2)11-9-18-15(16)20-13(11)19-12-7-6-8-17-14(12)21(3)4/h6-9H,2,5H2,1,3-4H3,(H,18,19,20). The largest absolute Gasteiger partial charge is 0.494 e. The van der Waals surface area contributed by atoms with Crippen LogP contribution in [0.2, 0.25) is 5.28 Å². The Morgan fingerprint density at radius 2 is 2.18 bits per heavy atom. The average molecular weight is 320 g/mol. The van der Waals surface area contributed by atoms with E-state index in [1.54, 1.807) is 12.4 Å². The number of hydrogen-bond donors (Lipinski definition) is 1. The molecule has 0 amide bonds. The fourth-order valence-corrected chi connectivity index (χ4v) is 2.02. The van der Waals surface area contributed by atoms with Gasteiger partial charge in [-0.25, -0.2) is 9.97 Å². The Balaban J connectivity index is 2.41. The van der Waals surface area contributed by atoms with E-state index >= 15 is 0 Å². The second kappa shape index (κ2) is 7.09. The summed E-state index contributed by atoms with van der Waals surface area (Å²) in [6.45, 7) is 6.29. The number of halogens is 1. The highest BCUT2D eigenvalue weighted by Crippen LogP contribution is 2.29. The summed E-state index contributed by atoms with van der Waals surface area (Å²) in [7, 11) is 3.83. The number of pyridine rings is 1. The molecule has 2 heterocycles. The molecular formula is C15H18ClN5O. The average Bonchev–Trinajstić information content (AvgIpc) is 2.48. The number of hydrogen-bond acceptors (Lipinski definition) is 6. The van der Waals surface area contributed by atoms with Crippen LogP contribution in [0.25, 0.3) is 5.76 Å².